The van der Waals surface area contributed by atoms with E-state index in [9.17, 15) is 14.7 Å². The van der Waals surface area contributed by atoms with Crippen LogP contribution < -0.4 is 24.0 Å². The lowest BCUT2D eigenvalue weighted by Crippen LogP contribution is -2.29. The number of hydrogen-bond acceptors (Lipinski definition) is 7. The van der Waals surface area contributed by atoms with Crippen molar-refractivity contribution in [2.75, 3.05) is 44.7 Å². The normalized spacial score (nSPS) is 16.5. The second-order valence-corrected chi connectivity index (χ2v) is 9.18. The summed E-state index contributed by atoms with van der Waals surface area (Å²) in [5, 5.41) is 11.8. The molecular formula is C29H29ClN2O6. The minimum atomic E-state index is -0.907. The number of benzene rings is 3. The first-order valence-corrected chi connectivity index (χ1v) is 12.3. The molecule has 4 rings (SSSR count). The van der Waals surface area contributed by atoms with E-state index in [1.54, 1.807) is 24.3 Å². The highest BCUT2D eigenvalue weighted by atomic mass is 35.5. The maximum Gasteiger partial charge on any atom is 0.300 e. The third-order valence-corrected chi connectivity index (χ3v) is 6.62. The first-order chi connectivity index (χ1) is 18.2. The van der Waals surface area contributed by atoms with Crippen molar-refractivity contribution in [2.45, 2.75) is 13.0 Å². The average Bonchev–Trinajstić information content (AvgIpc) is 3.18. The molecule has 9 heteroatoms. The summed E-state index contributed by atoms with van der Waals surface area (Å²) < 4.78 is 16.3. The fourth-order valence-electron chi connectivity index (χ4n) is 4.43. The number of nitrogens with zero attached hydrogens (tertiary/aromatic N) is 2. The number of hydrogen-bond donors (Lipinski definition) is 1. The molecule has 0 aromatic heterocycles. The number of aliphatic hydroxyl groups excluding tert-OH is 1. The summed E-state index contributed by atoms with van der Waals surface area (Å²) in [5.41, 5.74) is 2.16. The molecule has 1 saturated heterocycles. The van der Waals surface area contributed by atoms with Gasteiger partial charge in [0.15, 0.2) is 0 Å². The standard InChI is InChI=1S/C29H29ClN2O6/c1-6-38-20-13-11-19(12-14-20)32-26(17-7-9-18(10-8-17)31(2)3)25(28(34)29(32)35)27(33)21-15-24(37-5)22(30)16-23(21)36-4/h7-16,26,33H,6H2,1-5H3/b27-25+. The first-order valence-electron chi connectivity index (χ1n) is 11.9. The van der Waals surface area contributed by atoms with Crippen molar-refractivity contribution in [3.8, 4) is 17.2 Å². The lowest BCUT2D eigenvalue weighted by atomic mass is 9.94. The summed E-state index contributed by atoms with van der Waals surface area (Å²) in [6.07, 6.45) is 0. The molecule has 1 fully saturated rings. The van der Waals surface area contributed by atoms with E-state index in [-0.39, 0.29) is 27.7 Å². The van der Waals surface area contributed by atoms with Crippen LogP contribution >= 0.6 is 11.6 Å². The second-order valence-electron chi connectivity index (χ2n) is 8.77. The van der Waals surface area contributed by atoms with Crippen LogP contribution in [0.4, 0.5) is 11.4 Å². The summed E-state index contributed by atoms with van der Waals surface area (Å²) in [7, 11) is 6.70. The number of methoxy groups -OCH3 is 2. The fourth-order valence-corrected chi connectivity index (χ4v) is 4.66. The highest BCUT2D eigenvalue weighted by Crippen LogP contribution is 2.45. The summed E-state index contributed by atoms with van der Waals surface area (Å²) in [5.74, 6) is -0.849. The van der Waals surface area contributed by atoms with Gasteiger partial charge < -0.3 is 24.2 Å². The smallest absolute Gasteiger partial charge is 0.300 e. The zero-order valence-electron chi connectivity index (χ0n) is 21.8. The van der Waals surface area contributed by atoms with Gasteiger partial charge in [0.2, 0.25) is 0 Å². The van der Waals surface area contributed by atoms with Crippen molar-refractivity contribution >= 4 is 40.4 Å². The molecule has 0 saturated carbocycles. The Bertz CT molecular complexity index is 1380. The molecule has 3 aromatic rings. The van der Waals surface area contributed by atoms with Crippen LogP contribution in [0, 0.1) is 0 Å². The number of halogens is 1. The monoisotopic (exact) mass is 536 g/mol. The third kappa shape index (κ3) is 4.87. The summed E-state index contributed by atoms with van der Waals surface area (Å²) in [6, 6.07) is 16.4. The molecular weight excluding hydrogens is 508 g/mol. The molecule has 1 heterocycles. The molecule has 1 amide bonds. The molecule has 3 aromatic carbocycles. The van der Waals surface area contributed by atoms with Gasteiger partial charge >= 0.3 is 0 Å². The average molecular weight is 537 g/mol. The van der Waals surface area contributed by atoms with Crippen LogP contribution in [0.15, 0.2) is 66.2 Å². The number of amides is 1. The van der Waals surface area contributed by atoms with Gasteiger partial charge in [-0.1, -0.05) is 23.7 Å². The van der Waals surface area contributed by atoms with Gasteiger partial charge in [-0.3, -0.25) is 14.5 Å². The van der Waals surface area contributed by atoms with Crippen LogP contribution in [0.3, 0.4) is 0 Å². The van der Waals surface area contributed by atoms with Crippen LogP contribution in [-0.4, -0.2) is 51.7 Å². The highest BCUT2D eigenvalue weighted by molar-refractivity contribution is 6.51. The second kappa shape index (κ2) is 11.1. The number of Topliss-reactive ketones (excluding diaryl/α,β-unsaturated/α-hetero) is 1. The Morgan fingerprint density at radius 2 is 1.61 bits per heavy atom. The molecule has 1 aliphatic heterocycles. The molecule has 1 atom stereocenters. The summed E-state index contributed by atoms with van der Waals surface area (Å²) in [4.78, 5) is 30.3. The van der Waals surface area contributed by atoms with Crippen molar-refractivity contribution in [3.63, 3.8) is 0 Å². The largest absolute Gasteiger partial charge is 0.507 e. The Labute approximate surface area is 226 Å². The minimum Gasteiger partial charge on any atom is -0.507 e. The SMILES string of the molecule is CCOc1ccc(N2C(=O)C(=O)/C(=C(/O)c3cc(OC)c(Cl)cc3OC)C2c2ccc(N(C)C)cc2)cc1. The lowest BCUT2D eigenvalue weighted by molar-refractivity contribution is -0.132. The van der Waals surface area contributed by atoms with Crippen LogP contribution in [0.25, 0.3) is 5.76 Å². The molecule has 0 spiro atoms. The van der Waals surface area contributed by atoms with Gasteiger partial charge in [-0.2, -0.15) is 0 Å². The van der Waals surface area contributed by atoms with E-state index in [4.69, 9.17) is 25.8 Å². The predicted molar refractivity (Wildman–Crippen MR) is 148 cm³/mol. The molecule has 0 radical (unpaired) electrons. The van der Waals surface area contributed by atoms with Gasteiger partial charge in [-0.15, -0.1) is 0 Å². The van der Waals surface area contributed by atoms with E-state index in [0.29, 0.717) is 23.6 Å². The fraction of sp³-hybridized carbons (Fsp3) is 0.241. The van der Waals surface area contributed by atoms with Crippen molar-refractivity contribution in [1.29, 1.82) is 0 Å². The molecule has 8 nitrogen and oxygen atoms in total. The van der Waals surface area contributed by atoms with Crippen LogP contribution in [0.2, 0.25) is 5.02 Å². The van der Waals surface area contributed by atoms with E-state index in [2.05, 4.69) is 0 Å². The van der Waals surface area contributed by atoms with Crippen molar-refractivity contribution < 1.29 is 28.9 Å². The molecule has 0 aliphatic carbocycles. The summed E-state index contributed by atoms with van der Waals surface area (Å²) >= 11 is 6.25. The summed E-state index contributed by atoms with van der Waals surface area (Å²) in [6.45, 7) is 2.37. The Hall–Kier alpha value is -4.17. The van der Waals surface area contributed by atoms with Crippen LogP contribution in [-0.2, 0) is 9.59 Å². The maximum absolute atomic E-state index is 13.5. The van der Waals surface area contributed by atoms with E-state index < -0.39 is 23.5 Å². The number of anilines is 2. The number of ether oxygens (including phenoxy) is 3. The van der Waals surface area contributed by atoms with E-state index in [0.717, 1.165) is 5.69 Å². The quantitative estimate of drug-likeness (QED) is 0.233. The molecule has 1 unspecified atom stereocenters. The number of rotatable bonds is 8. The molecule has 0 bridgehead atoms. The lowest BCUT2D eigenvalue weighted by Gasteiger charge is -2.26. The Morgan fingerprint density at radius 1 is 0.974 bits per heavy atom. The number of aliphatic hydroxyl groups is 1. The van der Waals surface area contributed by atoms with Crippen molar-refractivity contribution in [2.24, 2.45) is 0 Å². The van der Waals surface area contributed by atoms with Gasteiger partial charge in [0, 0.05) is 31.5 Å². The third-order valence-electron chi connectivity index (χ3n) is 6.32. The zero-order valence-corrected chi connectivity index (χ0v) is 22.6. The van der Waals surface area contributed by atoms with Gasteiger partial charge in [0.25, 0.3) is 11.7 Å². The van der Waals surface area contributed by atoms with E-state index in [1.807, 2.05) is 50.2 Å². The number of carbonyl (C=O) groups is 2. The van der Waals surface area contributed by atoms with Crippen LogP contribution in [0.5, 0.6) is 17.2 Å². The highest BCUT2D eigenvalue weighted by Gasteiger charge is 2.47. The molecule has 1 N–H and O–H groups in total. The van der Waals surface area contributed by atoms with Gasteiger partial charge in [0.1, 0.15) is 23.0 Å². The number of ketones is 1. The molecule has 198 valence electrons. The van der Waals surface area contributed by atoms with E-state index >= 15 is 0 Å². The Morgan fingerprint density at radius 3 is 2.16 bits per heavy atom. The van der Waals surface area contributed by atoms with Crippen molar-refractivity contribution in [3.05, 3.63) is 82.4 Å². The van der Waals surface area contributed by atoms with Crippen LogP contribution in [0.1, 0.15) is 24.1 Å². The maximum atomic E-state index is 13.5. The van der Waals surface area contributed by atoms with Gasteiger partial charge in [-0.05, 0) is 55.0 Å². The minimum absolute atomic E-state index is 0.0795. The van der Waals surface area contributed by atoms with Gasteiger partial charge in [-0.25, -0.2) is 0 Å². The Balaban J connectivity index is 1.94. The van der Waals surface area contributed by atoms with Crippen molar-refractivity contribution in [1.82, 2.24) is 0 Å². The number of carbonyl (C=O) groups excluding carboxylic acids is 2. The predicted octanol–water partition coefficient (Wildman–Crippen LogP) is 5.45. The molecule has 38 heavy (non-hydrogen) atoms. The van der Waals surface area contributed by atoms with Gasteiger partial charge in [0.05, 0.1) is 43.0 Å². The molecule has 1 aliphatic rings. The zero-order chi connectivity index (χ0) is 27.6. The first kappa shape index (κ1) is 26.9. The topological polar surface area (TPSA) is 88.5 Å². The van der Waals surface area contributed by atoms with E-state index in [1.165, 1.54) is 31.3 Å². The Kier molecular flexibility index (Phi) is 7.83.